The van der Waals surface area contributed by atoms with Crippen LogP contribution < -0.4 is 9.97 Å². The van der Waals surface area contributed by atoms with Gasteiger partial charge in [0.05, 0.1) is 11.5 Å². The smallest absolute Gasteiger partial charge is 0.534 e. The van der Waals surface area contributed by atoms with Crippen LogP contribution in [-0.4, -0.2) is 36.6 Å². The minimum absolute atomic E-state index is 0.0915. The second-order valence-corrected chi connectivity index (χ2v) is 4.77. The molecule has 0 saturated carbocycles. The molecule has 0 unspecified atom stereocenters. The predicted molar refractivity (Wildman–Crippen MR) is 77.3 cm³/mol. The summed E-state index contributed by atoms with van der Waals surface area (Å²) in [4.78, 5) is 22.9. The van der Waals surface area contributed by atoms with Gasteiger partial charge in [-0.2, -0.15) is 0 Å². The zero-order chi connectivity index (χ0) is 15.4. The van der Waals surface area contributed by atoms with Crippen LogP contribution in [0.3, 0.4) is 0 Å². The van der Waals surface area contributed by atoms with Crippen molar-refractivity contribution in [1.29, 1.82) is 0 Å². The van der Waals surface area contributed by atoms with Gasteiger partial charge in [0, 0.05) is 13.0 Å². The number of benzene rings is 1. The Labute approximate surface area is 123 Å². The number of rotatable bonds is 5. The molecular weight excluding hydrogens is 273 g/mol. The van der Waals surface area contributed by atoms with Crippen LogP contribution in [0.2, 0.25) is 0 Å². The van der Waals surface area contributed by atoms with E-state index in [0.717, 1.165) is 5.56 Å². The Bertz CT molecular complexity index is 548. The average Bonchev–Trinajstić information content (AvgIpc) is 2.47. The Morgan fingerprint density at radius 3 is 2.86 bits per heavy atom. The molecule has 0 fully saturated rings. The van der Waals surface area contributed by atoms with Crippen molar-refractivity contribution in [2.45, 2.75) is 32.6 Å². The maximum Gasteiger partial charge on any atom is 0.549 e. The molecule has 1 aliphatic rings. The molecule has 0 aliphatic carbocycles. The van der Waals surface area contributed by atoms with E-state index < -0.39 is 13.1 Å². The lowest BCUT2D eigenvalue weighted by atomic mass is 9.71. The highest BCUT2D eigenvalue weighted by molar-refractivity contribution is 6.48. The first-order chi connectivity index (χ1) is 10.1. The third-order valence-corrected chi connectivity index (χ3v) is 3.33. The summed E-state index contributed by atoms with van der Waals surface area (Å²) in [6.45, 7) is 4.00. The standard InChI is InChI=1S/C14H18BNO5/c1-3-12(17)16-11-8-9-6-5-7-10(14(18)19)13(9)21-15(11)20-4-2/h5-7,11H,3-4,8H2,1-2H3,(H,16,17)(H,18,19)/t11-/m0/s1. The SMILES string of the molecule is CCOB1Oc2c(cccc2C(=O)O)C[C@@H]1NC(=O)CC. The summed E-state index contributed by atoms with van der Waals surface area (Å²) < 4.78 is 11.2. The fourth-order valence-corrected chi connectivity index (χ4v) is 2.33. The number of carbonyl (C=O) groups is 2. The van der Waals surface area contributed by atoms with E-state index in [1.165, 1.54) is 6.07 Å². The Hall–Kier alpha value is -2.02. The normalized spacial score (nSPS) is 16.9. The summed E-state index contributed by atoms with van der Waals surface area (Å²) in [5.74, 6) is -1.14. The molecule has 1 amide bonds. The van der Waals surface area contributed by atoms with Crippen molar-refractivity contribution < 1.29 is 24.0 Å². The summed E-state index contributed by atoms with van der Waals surface area (Å²) in [6.07, 6.45) is 0.851. The van der Waals surface area contributed by atoms with Crippen molar-refractivity contribution >= 4 is 19.0 Å². The molecule has 1 atom stereocenters. The molecule has 1 aliphatic heterocycles. The van der Waals surface area contributed by atoms with Gasteiger partial charge >= 0.3 is 13.1 Å². The van der Waals surface area contributed by atoms with Crippen LogP contribution in [0.25, 0.3) is 0 Å². The van der Waals surface area contributed by atoms with Crippen molar-refractivity contribution in [3.8, 4) is 5.75 Å². The highest BCUT2D eigenvalue weighted by atomic mass is 16.6. The lowest BCUT2D eigenvalue weighted by Gasteiger charge is -2.31. The summed E-state index contributed by atoms with van der Waals surface area (Å²) >= 11 is 0. The predicted octanol–water partition coefficient (Wildman–Crippen LogP) is 1.28. The van der Waals surface area contributed by atoms with E-state index in [2.05, 4.69) is 5.32 Å². The van der Waals surface area contributed by atoms with Crippen molar-refractivity contribution in [3.63, 3.8) is 0 Å². The molecule has 7 heteroatoms. The van der Waals surface area contributed by atoms with Crippen molar-refractivity contribution in [2.75, 3.05) is 6.61 Å². The lowest BCUT2D eigenvalue weighted by Crippen LogP contribution is -2.54. The Kier molecular flexibility index (Phi) is 4.85. The van der Waals surface area contributed by atoms with Gasteiger partial charge < -0.3 is 19.7 Å². The van der Waals surface area contributed by atoms with E-state index in [1.54, 1.807) is 19.1 Å². The number of amides is 1. The molecule has 1 heterocycles. The Morgan fingerprint density at radius 1 is 1.48 bits per heavy atom. The first kappa shape index (κ1) is 15.4. The van der Waals surface area contributed by atoms with Gasteiger partial charge in [-0.1, -0.05) is 19.1 Å². The van der Waals surface area contributed by atoms with Gasteiger partial charge in [0.1, 0.15) is 5.75 Å². The molecule has 112 valence electrons. The van der Waals surface area contributed by atoms with Crippen molar-refractivity contribution in [1.82, 2.24) is 5.32 Å². The molecule has 0 spiro atoms. The van der Waals surface area contributed by atoms with Gasteiger partial charge in [-0.25, -0.2) is 4.79 Å². The van der Waals surface area contributed by atoms with E-state index in [1.807, 2.05) is 6.92 Å². The minimum atomic E-state index is -1.04. The summed E-state index contributed by atoms with van der Waals surface area (Å²) in [5, 5.41) is 12.1. The number of hydrogen-bond acceptors (Lipinski definition) is 4. The number of carboxylic acid groups (broad SMARTS) is 1. The summed E-state index contributed by atoms with van der Waals surface area (Å²) in [6, 6.07) is 4.97. The summed E-state index contributed by atoms with van der Waals surface area (Å²) in [7, 11) is -0.682. The van der Waals surface area contributed by atoms with Crippen LogP contribution in [0.15, 0.2) is 18.2 Å². The third kappa shape index (κ3) is 3.36. The fraction of sp³-hybridized carbons (Fsp3) is 0.429. The highest BCUT2D eigenvalue weighted by Gasteiger charge is 2.39. The first-order valence-corrected chi connectivity index (χ1v) is 6.99. The zero-order valence-electron chi connectivity index (χ0n) is 12.1. The van der Waals surface area contributed by atoms with Gasteiger partial charge in [0.2, 0.25) is 5.91 Å². The maximum absolute atomic E-state index is 11.6. The minimum Gasteiger partial charge on any atom is -0.534 e. The fourth-order valence-electron chi connectivity index (χ4n) is 2.33. The monoisotopic (exact) mass is 291 g/mol. The number of nitrogens with one attached hydrogen (secondary N) is 1. The lowest BCUT2D eigenvalue weighted by molar-refractivity contribution is -0.121. The molecule has 0 bridgehead atoms. The summed E-state index contributed by atoms with van der Waals surface area (Å²) in [5.41, 5.74) is 0.865. The quantitative estimate of drug-likeness (QED) is 0.798. The molecule has 0 aromatic heterocycles. The van der Waals surface area contributed by atoms with Crippen LogP contribution in [0.1, 0.15) is 36.2 Å². The second-order valence-electron chi connectivity index (χ2n) is 4.77. The van der Waals surface area contributed by atoms with Crippen LogP contribution in [-0.2, 0) is 15.9 Å². The van der Waals surface area contributed by atoms with Gasteiger partial charge in [-0.05, 0) is 25.0 Å². The van der Waals surface area contributed by atoms with Crippen molar-refractivity contribution in [3.05, 3.63) is 29.3 Å². The van der Waals surface area contributed by atoms with E-state index in [0.29, 0.717) is 25.2 Å². The van der Waals surface area contributed by atoms with Gasteiger partial charge in [-0.3, -0.25) is 4.79 Å². The molecule has 0 radical (unpaired) electrons. The van der Waals surface area contributed by atoms with Gasteiger partial charge in [-0.15, -0.1) is 0 Å². The third-order valence-electron chi connectivity index (χ3n) is 3.33. The average molecular weight is 291 g/mol. The molecule has 1 aromatic carbocycles. The largest absolute Gasteiger partial charge is 0.549 e. The van der Waals surface area contributed by atoms with E-state index >= 15 is 0 Å². The maximum atomic E-state index is 11.6. The molecular formula is C14H18BNO5. The first-order valence-electron chi connectivity index (χ1n) is 6.99. The molecule has 21 heavy (non-hydrogen) atoms. The van der Waals surface area contributed by atoms with Crippen LogP contribution >= 0.6 is 0 Å². The molecule has 2 N–H and O–H groups in total. The number of carboxylic acids is 1. The van der Waals surface area contributed by atoms with Crippen LogP contribution in [0, 0.1) is 0 Å². The number of aromatic carboxylic acids is 1. The topological polar surface area (TPSA) is 84.9 Å². The number of carbonyl (C=O) groups excluding carboxylic acids is 1. The van der Waals surface area contributed by atoms with Crippen molar-refractivity contribution in [2.24, 2.45) is 0 Å². The number of para-hydroxylation sites is 1. The van der Waals surface area contributed by atoms with Crippen LogP contribution in [0.4, 0.5) is 0 Å². The van der Waals surface area contributed by atoms with Gasteiger partial charge in [0.15, 0.2) is 0 Å². The highest BCUT2D eigenvalue weighted by Crippen LogP contribution is 2.30. The number of fused-ring (bicyclic) bond motifs is 1. The van der Waals surface area contributed by atoms with Gasteiger partial charge in [0.25, 0.3) is 0 Å². The zero-order valence-corrected chi connectivity index (χ0v) is 12.1. The Balaban J connectivity index is 2.30. The molecule has 2 rings (SSSR count). The van der Waals surface area contributed by atoms with E-state index in [4.69, 9.17) is 9.31 Å². The van der Waals surface area contributed by atoms with Crippen LogP contribution in [0.5, 0.6) is 5.75 Å². The van der Waals surface area contributed by atoms with E-state index in [-0.39, 0.29) is 17.4 Å². The molecule has 6 nitrogen and oxygen atoms in total. The Morgan fingerprint density at radius 2 is 2.24 bits per heavy atom. The molecule has 1 aromatic rings. The number of hydrogen-bond donors (Lipinski definition) is 2. The second kappa shape index (κ2) is 6.63. The van der Waals surface area contributed by atoms with E-state index in [9.17, 15) is 14.7 Å². The molecule has 0 saturated heterocycles.